The van der Waals surface area contributed by atoms with E-state index in [1.807, 2.05) is 0 Å². The molecule has 5 nitrogen and oxygen atoms in total. The smallest absolute Gasteiger partial charge is 0.478 e. The van der Waals surface area contributed by atoms with Gasteiger partial charge in [-0.05, 0) is 35.9 Å². The number of aromatic nitrogens is 2. The topological polar surface area (TPSA) is 75.2 Å². The standard InChI is InChI=1S/C16H11F3N2O3/c17-16(18,19)24-11-4-1-9(2-5-11)7-14-20-12-6-3-10(15(22)23)8-13(12)21-14/h1-6,8H,7H2,(H,20,21)(H,22,23). The number of alkyl halides is 3. The lowest BCUT2D eigenvalue weighted by molar-refractivity contribution is -0.274. The predicted octanol–water partition coefficient (Wildman–Crippen LogP) is 3.75. The number of halogens is 3. The number of imidazole rings is 1. The summed E-state index contributed by atoms with van der Waals surface area (Å²) in [7, 11) is 0. The minimum Gasteiger partial charge on any atom is -0.478 e. The zero-order valence-electron chi connectivity index (χ0n) is 12.1. The van der Waals surface area contributed by atoms with E-state index < -0.39 is 12.3 Å². The van der Waals surface area contributed by atoms with E-state index in [1.165, 1.54) is 36.4 Å². The fourth-order valence-electron chi connectivity index (χ4n) is 2.28. The highest BCUT2D eigenvalue weighted by atomic mass is 19.4. The zero-order valence-corrected chi connectivity index (χ0v) is 12.1. The Hall–Kier alpha value is -3.03. The Bertz CT molecular complexity index is 886. The van der Waals surface area contributed by atoms with Crippen molar-refractivity contribution in [2.45, 2.75) is 12.8 Å². The van der Waals surface area contributed by atoms with Gasteiger partial charge in [-0.15, -0.1) is 13.2 Å². The van der Waals surface area contributed by atoms with Gasteiger partial charge in [0, 0.05) is 6.42 Å². The second kappa shape index (κ2) is 5.88. The van der Waals surface area contributed by atoms with Crippen LogP contribution < -0.4 is 4.74 Å². The molecule has 0 radical (unpaired) electrons. The van der Waals surface area contributed by atoms with Crippen LogP contribution in [0.2, 0.25) is 0 Å². The third kappa shape index (κ3) is 3.65. The van der Waals surface area contributed by atoms with Gasteiger partial charge >= 0.3 is 12.3 Å². The molecule has 24 heavy (non-hydrogen) atoms. The van der Waals surface area contributed by atoms with Gasteiger partial charge < -0.3 is 14.8 Å². The average Bonchev–Trinajstić information content (AvgIpc) is 2.89. The van der Waals surface area contributed by atoms with E-state index in [-0.39, 0.29) is 11.3 Å². The molecule has 0 unspecified atom stereocenters. The number of rotatable bonds is 4. The van der Waals surface area contributed by atoms with E-state index in [9.17, 15) is 18.0 Å². The Morgan fingerprint density at radius 3 is 2.50 bits per heavy atom. The predicted molar refractivity (Wildman–Crippen MR) is 79.0 cm³/mol. The number of aromatic carboxylic acids is 1. The van der Waals surface area contributed by atoms with Crippen LogP contribution in [0.25, 0.3) is 11.0 Å². The SMILES string of the molecule is O=C(O)c1ccc2nc(Cc3ccc(OC(F)(F)F)cc3)[nH]c2c1. The number of carboxylic acids is 1. The average molecular weight is 336 g/mol. The maximum absolute atomic E-state index is 12.1. The number of nitrogens with zero attached hydrogens (tertiary/aromatic N) is 1. The summed E-state index contributed by atoms with van der Waals surface area (Å²) in [5, 5.41) is 8.97. The Morgan fingerprint density at radius 2 is 1.88 bits per heavy atom. The van der Waals surface area contributed by atoms with Crippen LogP contribution in [0.15, 0.2) is 42.5 Å². The minimum absolute atomic E-state index is 0.145. The molecule has 1 aromatic heterocycles. The van der Waals surface area contributed by atoms with E-state index in [1.54, 1.807) is 6.07 Å². The van der Waals surface area contributed by atoms with Crippen LogP contribution in [0, 0.1) is 0 Å². The van der Waals surface area contributed by atoms with E-state index in [0.29, 0.717) is 23.3 Å². The largest absolute Gasteiger partial charge is 0.573 e. The van der Waals surface area contributed by atoms with Gasteiger partial charge in [0.15, 0.2) is 0 Å². The molecule has 0 bridgehead atoms. The maximum atomic E-state index is 12.1. The van der Waals surface area contributed by atoms with Crippen molar-refractivity contribution in [1.29, 1.82) is 0 Å². The molecule has 2 aromatic carbocycles. The van der Waals surface area contributed by atoms with Crippen molar-refractivity contribution >= 4 is 17.0 Å². The van der Waals surface area contributed by atoms with Crippen molar-refractivity contribution in [2.75, 3.05) is 0 Å². The summed E-state index contributed by atoms with van der Waals surface area (Å²) in [6, 6.07) is 10.0. The van der Waals surface area contributed by atoms with E-state index in [0.717, 1.165) is 5.56 Å². The fourth-order valence-corrected chi connectivity index (χ4v) is 2.28. The first-order valence-electron chi connectivity index (χ1n) is 6.87. The molecule has 0 atom stereocenters. The van der Waals surface area contributed by atoms with Crippen molar-refractivity contribution in [3.05, 3.63) is 59.4 Å². The van der Waals surface area contributed by atoms with Crippen LogP contribution in [0.1, 0.15) is 21.7 Å². The molecule has 0 aliphatic heterocycles. The monoisotopic (exact) mass is 336 g/mol. The van der Waals surface area contributed by atoms with Crippen LogP contribution in [0.5, 0.6) is 5.75 Å². The van der Waals surface area contributed by atoms with Gasteiger partial charge in [-0.2, -0.15) is 0 Å². The first kappa shape index (κ1) is 15.9. The molecule has 0 spiro atoms. The van der Waals surface area contributed by atoms with Crippen LogP contribution in [-0.4, -0.2) is 27.4 Å². The molecular formula is C16H11F3N2O3. The Morgan fingerprint density at radius 1 is 1.17 bits per heavy atom. The summed E-state index contributed by atoms with van der Waals surface area (Å²) in [4.78, 5) is 18.3. The van der Waals surface area contributed by atoms with E-state index in [2.05, 4.69) is 14.7 Å². The summed E-state index contributed by atoms with van der Waals surface area (Å²) in [5.41, 5.74) is 2.09. The molecule has 0 fully saturated rings. The molecule has 0 saturated carbocycles. The molecule has 0 amide bonds. The van der Waals surface area contributed by atoms with Gasteiger partial charge in [-0.3, -0.25) is 0 Å². The molecule has 124 valence electrons. The Balaban J connectivity index is 1.78. The summed E-state index contributed by atoms with van der Waals surface area (Å²) >= 11 is 0. The van der Waals surface area contributed by atoms with Crippen LogP contribution in [0.3, 0.4) is 0 Å². The first-order chi connectivity index (χ1) is 11.3. The van der Waals surface area contributed by atoms with Gasteiger partial charge in [-0.1, -0.05) is 12.1 Å². The number of aromatic amines is 1. The van der Waals surface area contributed by atoms with E-state index in [4.69, 9.17) is 5.11 Å². The molecule has 1 heterocycles. The van der Waals surface area contributed by atoms with Gasteiger partial charge in [-0.25, -0.2) is 9.78 Å². The number of ether oxygens (including phenoxy) is 1. The van der Waals surface area contributed by atoms with Gasteiger partial charge in [0.2, 0.25) is 0 Å². The Kier molecular flexibility index (Phi) is 3.88. The molecule has 3 aromatic rings. The summed E-state index contributed by atoms with van der Waals surface area (Å²) < 4.78 is 40.2. The van der Waals surface area contributed by atoms with Crippen molar-refractivity contribution < 1.29 is 27.8 Å². The summed E-state index contributed by atoms with van der Waals surface area (Å²) in [6.07, 6.45) is -4.36. The second-order valence-electron chi connectivity index (χ2n) is 5.09. The van der Waals surface area contributed by atoms with Crippen molar-refractivity contribution in [3.8, 4) is 5.75 Å². The van der Waals surface area contributed by atoms with Gasteiger partial charge in [0.05, 0.1) is 16.6 Å². The van der Waals surface area contributed by atoms with Crippen LogP contribution >= 0.6 is 0 Å². The molecule has 0 saturated heterocycles. The third-order valence-corrected chi connectivity index (χ3v) is 3.31. The fraction of sp³-hybridized carbons (Fsp3) is 0.125. The number of H-pyrrole nitrogens is 1. The molecule has 8 heteroatoms. The van der Waals surface area contributed by atoms with Gasteiger partial charge in [0.25, 0.3) is 0 Å². The van der Waals surface area contributed by atoms with Gasteiger partial charge in [0.1, 0.15) is 11.6 Å². The first-order valence-corrected chi connectivity index (χ1v) is 6.87. The zero-order chi connectivity index (χ0) is 17.3. The Labute approximate surface area is 133 Å². The second-order valence-corrected chi connectivity index (χ2v) is 5.09. The summed E-state index contributed by atoms with van der Waals surface area (Å²) in [5.74, 6) is -0.743. The number of fused-ring (bicyclic) bond motifs is 1. The third-order valence-electron chi connectivity index (χ3n) is 3.31. The number of nitrogens with one attached hydrogen (secondary N) is 1. The normalized spacial score (nSPS) is 11.6. The van der Waals surface area contributed by atoms with Crippen LogP contribution in [-0.2, 0) is 6.42 Å². The molecule has 0 aliphatic carbocycles. The number of carboxylic acid groups (broad SMARTS) is 1. The quantitative estimate of drug-likeness (QED) is 0.761. The summed E-state index contributed by atoms with van der Waals surface area (Å²) in [6.45, 7) is 0. The number of benzene rings is 2. The lowest BCUT2D eigenvalue weighted by Gasteiger charge is -2.08. The van der Waals surface area contributed by atoms with E-state index >= 15 is 0 Å². The molecular weight excluding hydrogens is 325 g/mol. The maximum Gasteiger partial charge on any atom is 0.573 e. The highest BCUT2D eigenvalue weighted by Crippen LogP contribution is 2.23. The number of carbonyl (C=O) groups is 1. The number of hydrogen-bond donors (Lipinski definition) is 2. The lowest BCUT2D eigenvalue weighted by Crippen LogP contribution is -2.17. The molecule has 0 aliphatic rings. The highest BCUT2D eigenvalue weighted by molar-refractivity contribution is 5.92. The van der Waals surface area contributed by atoms with Crippen molar-refractivity contribution in [3.63, 3.8) is 0 Å². The highest BCUT2D eigenvalue weighted by Gasteiger charge is 2.30. The lowest BCUT2D eigenvalue weighted by atomic mass is 10.1. The number of hydrogen-bond acceptors (Lipinski definition) is 3. The van der Waals surface area contributed by atoms with Crippen LogP contribution in [0.4, 0.5) is 13.2 Å². The minimum atomic E-state index is -4.72. The molecule has 2 N–H and O–H groups in total. The van der Waals surface area contributed by atoms with Crippen molar-refractivity contribution in [2.24, 2.45) is 0 Å². The van der Waals surface area contributed by atoms with Crippen molar-refractivity contribution in [1.82, 2.24) is 9.97 Å². The molecule has 3 rings (SSSR count).